The molecule has 0 saturated carbocycles. The molecule has 1 aromatic rings. The molecule has 1 aromatic heterocycles. The van der Waals surface area contributed by atoms with Gasteiger partial charge in [-0.3, -0.25) is 9.48 Å². The summed E-state index contributed by atoms with van der Waals surface area (Å²) in [5.74, 6) is -0.0831. The molecule has 0 unspecified atom stereocenters. The molecule has 0 aromatic carbocycles. The molecule has 5 nitrogen and oxygen atoms in total. The van der Waals surface area contributed by atoms with Gasteiger partial charge in [0.1, 0.15) is 0 Å². The number of aromatic nitrogens is 2. The van der Waals surface area contributed by atoms with Crippen LogP contribution in [0.1, 0.15) is 36.8 Å². The van der Waals surface area contributed by atoms with Crippen molar-refractivity contribution in [3.8, 4) is 0 Å². The summed E-state index contributed by atoms with van der Waals surface area (Å²) in [4.78, 5) is 13.9. The molecule has 0 spiro atoms. The zero-order valence-electron chi connectivity index (χ0n) is 11.2. The fourth-order valence-corrected chi connectivity index (χ4v) is 1.77. The first-order valence-electron chi connectivity index (χ1n) is 5.76. The number of likely N-dealkylation sites (N-methyl/N-ethyl adjacent to an activating group) is 1. The quantitative estimate of drug-likeness (QED) is 0.851. The zero-order valence-corrected chi connectivity index (χ0v) is 11.2. The maximum atomic E-state index is 12.2. The first kappa shape index (κ1) is 13.7. The van der Waals surface area contributed by atoms with Crippen molar-refractivity contribution in [2.24, 2.45) is 7.05 Å². The highest BCUT2D eigenvalue weighted by Crippen LogP contribution is 2.12. The lowest BCUT2D eigenvalue weighted by Crippen LogP contribution is -2.42. The summed E-state index contributed by atoms with van der Waals surface area (Å²) in [5.41, 5.74) is 0.423. The highest BCUT2D eigenvalue weighted by Gasteiger charge is 2.24. The van der Waals surface area contributed by atoms with E-state index in [0.29, 0.717) is 24.3 Å². The van der Waals surface area contributed by atoms with E-state index in [0.717, 1.165) is 0 Å². The van der Waals surface area contributed by atoms with E-state index in [-0.39, 0.29) is 5.91 Å². The molecular weight excluding hydrogens is 218 g/mol. The highest BCUT2D eigenvalue weighted by atomic mass is 16.3. The Bertz CT molecular complexity index is 404. The van der Waals surface area contributed by atoms with Crippen LogP contribution in [-0.4, -0.2) is 44.4 Å². The fraction of sp³-hybridized carbons (Fsp3) is 0.667. The normalized spacial score (nSPS) is 11.6. The fourth-order valence-electron chi connectivity index (χ4n) is 1.77. The number of carbonyl (C=O) groups excluding carboxylic acids is 1. The standard InChI is InChI=1S/C12H21N3O2/c1-6-15(8-12(3,4)17)11(16)10-7-14(5)13-9(10)2/h7,17H,6,8H2,1-5H3. The monoisotopic (exact) mass is 239 g/mol. The minimum Gasteiger partial charge on any atom is -0.389 e. The van der Waals surface area contributed by atoms with E-state index in [1.165, 1.54) is 0 Å². The van der Waals surface area contributed by atoms with E-state index in [9.17, 15) is 9.90 Å². The van der Waals surface area contributed by atoms with Crippen molar-refractivity contribution in [2.45, 2.75) is 33.3 Å². The Hall–Kier alpha value is -1.36. The third kappa shape index (κ3) is 3.56. The SMILES string of the molecule is CCN(CC(C)(C)O)C(=O)c1cn(C)nc1C. The molecule has 96 valence electrons. The lowest BCUT2D eigenvalue weighted by atomic mass is 10.1. The predicted molar refractivity (Wildman–Crippen MR) is 65.8 cm³/mol. The van der Waals surface area contributed by atoms with Crippen LogP contribution in [0, 0.1) is 6.92 Å². The molecule has 1 amide bonds. The van der Waals surface area contributed by atoms with Crippen molar-refractivity contribution in [3.63, 3.8) is 0 Å². The van der Waals surface area contributed by atoms with E-state index >= 15 is 0 Å². The van der Waals surface area contributed by atoms with Crippen LogP contribution in [-0.2, 0) is 7.05 Å². The Morgan fingerprint density at radius 2 is 2.18 bits per heavy atom. The molecule has 0 atom stereocenters. The Morgan fingerprint density at radius 1 is 1.59 bits per heavy atom. The van der Waals surface area contributed by atoms with Gasteiger partial charge in [0.05, 0.1) is 16.9 Å². The number of amides is 1. The minimum absolute atomic E-state index is 0.0831. The van der Waals surface area contributed by atoms with Crippen molar-refractivity contribution < 1.29 is 9.90 Å². The summed E-state index contributed by atoms with van der Waals surface area (Å²) in [6.07, 6.45) is 1.71. The number of rotatable bonds is 4. The number of hydrogen-bond donors (Lipinski definition) is 1. The molecule has 1 heterocycles. The molecule has 0 aliphatic rings. The van der Waals surface area contributed by atoms with Crippen molar-refractivity contribution in [2.75, 3.05) is 13.1 Å². The first-order chi connectivity index (χ1) is 7.74. The average molecular weight is 239 g/mol. The number of hydrogen-bond acceptors (Lipinski definition) is 3. The van der Waals surface area contributed by atoms with Crippen LogP contribution >= 0.6 is 0 Å². The topological polar surface area (TPSA) is 58.4 Å². The number of aryl methyl sites for hydroxylation is 2. The van der Waals surface area contributed by atoms with E-state index in [1.54, 1.807) is 36.7 Å². The van der Waals surface area contributed by atoms with Gasteiger partial charge in [0.15, 0.2) is 0 Å². The van der Waals surface area contributed by atoms with Crippen molar-refractivity contribution in [3.05, 3.63) is 17.5 Å². The molecule has 0 saturated heterocycles. The summed E-state index contributed by atoms with van der Waals surface area (Å²) < 4.78 is 1.63. The second-order valence-corrected chi connectivity index (χ2v) is 4.93. The summed E-state index contributed by atoms with van der Waals surface area (Å²) in [6, 6.07) is 0. The predicted octanol–water partition coefficient (Wildman–Crippen LogP) is 0.962. The lowest BCUT2D eigenvalue weighted by Gasteiger charge is -2.27. The molecule has 0 aliphatic heterocycles. The molecular formula is C12H21N3O2. The third-order valence-corrected chi connectivity index (χ3v) is 2.49. The molecule has 0 radical (unpaired) electrons. The van der Waals surface area contributed by atoms with Crippen LogP contribution in [0.3, 0.4) is 0 Å². The Balaban J connectivity index is 2.90. The van der Waals surface area contributed by atoms with Gasteiger partial charge in [-0.1, -0.05) is 0 Å². The number of nitrogens with zero attached hydrogens (tertiary/aromatic N) is 3. The van der Waals surface area contributed by atoms with Crippen molar-refractivity contribution >= 4 is 5.91 Å². The molecule has 17 heavy (non-hydrogen) atoms. The highest BCUT2D eigenvalue weighted by molar-refractivity contribution is 5.95. The molecule has 1 rings (SSSR count). The van der Waals surface area contributed by atoms with E-state index in [4.69, 9.17) is 0 Å². The first-order valence-corrected chi connectivity index (χ1v) is 5.76. The van der Waals surface area contributed by atoms with Crippen molar-refractivity contribution in [1.29, 1.82) is 0 Å². The van der Waals surface area contributed by atoms with Gasteiger partial charge in [-0.2, -0.15) is 5.10 Å². The van der Waals surface area contributed by atoms with Crippen LogP contribution in [0.25, 0.3) is 0 Å². The zero-order chi connectivity index (χ0) is 13.2. The van der Waals surface area contributed by atoms with Gasteiger partial charge >= 0.3 is 0 Å². The third-order valence-electron chi connectivity index (χ3n) is 2.49. The van der Waals surface area contributed by atoms with Crippen LogP contribution in [0.4, 0.5) is 0 Å². The molecule has 5 heteroatoms. The molecule has 1 N–H and O–H groups in total. The largest absolute Gasteiger partial charge is 0.389 e. The van der Waals surface area contributed by atoms with E-state index in [2.05, 4.69) is 5.10 Å². The van der Waals surface area contributed by atoms with Gasteiger partial charge in [0, 0.05) is 26.3 Å². The molecule has 0 aliphatic carbocycles. The average Bonchev–Trinajstić information content (AvgIpc) is 2.52. The van der Waals surface area contributed by atoms with Crippen LogP contribution in [0.2, 0.25) is 0 Å². The van der Waals surface area contributed by atoms with Gasteiger partial charge in [-0.05, 0) is 27.7 Å². The van der Waals surface area contributed by atoms with Gasteiger partial charge in [-0.15, -0.1) is 0 Å². The summed E-state index contributed by atoms with van der Waals surface area (Å²) in [5, 5.41) is 13.9. The summed E-state index contributed by atoms with van der Waals surface area (Å²) >= 11 is 0. The van der Waals surface area contributed by atoms with E-state index < -0.39 is 5.60 Å². The Labute approximate surface area is 102 Å². The van der Waals surface area contributed by atoms with Gasteiger partial charge in [-0.25, -0.2) is 0 Å². The van der Waals surface area contributed by atoms with Crippen LogP contribution in [0.15, 0.2) is 6.20 Å². The van der Waals surface area contributed by atoms with Gasteiger partial charge in [0.2, 0.25) is 0 Å². The minimum atomic E-state index is -0.887. The van der Waals surface area contributed by atoms with E-state index in [1.807, 2.05) is 13.8 Å². The van der Waals surface area contributed by atoms with Gasteiger partial charge < -0.3 is 10.0 Å². The Morgan fingerprint density at radius 3 is 2.53 bits per heavy atom. The Kier molecular flexibility index (Phi) is 3.93. The number of aliphatic hydroxyl groups is 1. The second-order valence-electron chi connectivity index (χ2n) is 4.93. The maximum absolute atomic E-state index is 12.2. The van der Waals surface area contributed by atoms with Crippen LogP contribution in [0.5, 0.6) is 0 Å². The molecule has 0 bridgehead atoms. The lowest BCUT2D eigenvalue weighted by molar-refractivity contribution is 0.0314. The molecule has 0 fully saturated rings. The summed E-state index contributed by atoms with van der Waals surface area (Å²) in [7, 11) is 1.79. The van der Waals surface area contributed by atoms with Crippen LogP contribution < -0.4 is 0 Å². The van der Waals surface area contributed by atoms with Crippen molar-refractivity contribution in [1.82, 2.24) is 14.7 Å². The maximum Gasteiger partial charge on any atom is 0.257 e. The van der Waals surface area contributed by atoms with Gasteiger partial charge in [0.25, 0.3) is 5.91 Å². The summed E-state index contributed by atoms with van der Waals surface area (Å²) in [6.45, 7) is 7.98. The second kappa shape index (κ2) is 4.87. The smallest absolute Gasteiger partial charge is 0.257 e. The number of carbonyl (C=O) groups is 1.